The molecule has 2 N–H and O–H groups in total. The number of anilines is 1. The molecule has 0 heterocycles. The third kappa shape index (κ3) is 5.57. The maximum absolute atomic E-state index is 12.3. The van der Waals surface area contributed by atoms with Crippen molar-refractivity contribution in [3.63, 3.8) is 0 Å². The summed E-state index contributed by atoms with van der Waals surface area (Å²) in [5.74, 6) is 0.576. The van der Waals surface area contributed by atoms with Crippen LogP contribution < -0.4 is 14.8 Å². The monoisotopic (exact) mass is 376 g/mol. The molecule has 0 aliphatic rings. The average molecular weight is 376 g/mol. The summed E-state index contributed by atoms with van der Waals surface area (Å²) in [4.78, 5) is 12.1. The number of nitrogens with one attached hydrogen (secondary N) is 2. The van der Waals surface area contributed by atoms with Crippen molar-refractivity contribution in [1.82, 2.24) is 4.72 Å². The summed E-state index contributed by atoms with van der Waals surface area (Å²) in [6.45, 7) is 6.17. The first-order valence-corrected chi connectivity index (χ1v) is 9.92. The minimum atomic E-state index is -3.73. The van der Waals surface area contributed by atoms with Crippen LogP contribution >= 0.6 is 0 Å². The Hall–Kier alpha value is -2.38. The molecule has 0 spiro atoms. The molecule has 2 aromatic rings. The molecule has 26 heavy (non-hydrogen) atoms. The Morgan fingerprint density at radius 2 is 1.65 bits per heavy atom. The molecule has 0 radical (unpaired) electrons. The van der Waals surface area contributed by atoms with Crippen LogP contribution in [0.4, 0.5) is 5.69 Å². The minimum absolute atomic E-state index is 0.135. The number of carbonyl (C=O) groups excluding carboxylic acids is 1. The molecule has 2 rings (SSSR count). The average Bonchev–Trinajstić information content (AvgIpc) is 2.62. The number of rotatable bonds is 8. The van der Waals surface area contributed by atoms with E-state index >= 15 is 0 Å². The second kappa shape index (κ2) is 8.82. The van der Waals surface area contributed by atoms with E-state index in [1.54, 1.807) is 48.5 Å². The molecular formula is C19H24N2O4S. The van der Waals surface area contributed by atoms with Crippen LogP contribution in [-0.4, -0.2) is 27.5 Å². The molecule has 0 atom stereocenters. The van der Waals surface area contributed by atoms with Crippen LogP contribution in [0.5, 0.6) is 5.75 Å². The molecule has 0 aromatic heterocycles. The molecule has 7 heteroatoms. The van der Waals surface area contributed by atoms with E-state index in [4.69, 9.17) is 4.74 Å². The molecule has 0 saturated carbocycles. The van der Waals surface area contributed by atoms with Crippen LogP contribution in [0.15, 0.2) is 53.4 Å². The first kappa shape index (κ1) is 19.9. The first-order chi connectivity index (χ1) is 12.3. The maximum atomic E-state index is 12.3. The Kier molecular flexibility index (Phi) is 6.76. The van der Waals surface area contributed by atoms with E-state index < -0.39 is 15.9 Å². The van der Waals surface area contributed by atoms with E-state index in [-0.39, 0.29) is 11.4 Å². The number of hydrogen-bond donors (Lipinski definition) is 2. The summed E-state index contributed by atoms with van der Waals surface area (Å²) in [6.07, 6.45) is 0. The van der Waals surface area contributed by atoms with Crippen LogP contribution in [-0.2, 0) is 14.8 Å². The number of hydrogen-bond acceptors (Lipinski definition) is 4. The zero-order chi connectivity index (χ0) is 19.2. The van der Waals surface area contributed by atoms with Crippen molar-refractivity contribution in [2.75, 3.05) is 18.5 Å². The second-order valence-electron chi connectivity index (χ2n) is 6.05. The van der Waals surface area contributed by atoms with E-state index in [1.807, 2.05) is 20.8 Å². The molecule has 0 bridgehead atoms. The van der Waals surface area contributed by atoms with Crippen molar-refractivity contribution < 1.29 is 17.9 Å². The number of benzene rings is 2. The second-order valence-corrected chi connectivity index (χ2v) is 7.82. The van der Waals surface area contributed by atoms with Crippen molar-refractivity contribution >= 4 is 21.6 Å². The third-order valence-electron chi connectivity index (χ3n) is 3.73. The van der Waals surface area contributed by atoms with Gasteiger partial charge in [0.1, 0.15) is 5.75 Å². The van der Waals surface area contributed by atoms with Crippen LogP contribution in [0.1, 0.15) is 32.3 Å². The highest BCUT2D eigenvalue weighted by Crippen LogP contribution is 2.17. The number of ether oxygens (including phenoxy) is 1. The van der Waals surface area contributed by atoms with Gasteiger partial charge < -0.3 is 10.1 Å². The van der Waals surface area contributed by atoms with Crippen LogP contribution in [0.3, 0.4) is 0 Å². The van der Waals surface area contributed by atoms with E-state index in [2.05, 4.69) is 10.0 Å². The topological polar surface area (TPSA) is 84.5 Å². The van der Waals surface area contributed by atoms with E-state index in [9.17, 15) is 13.2 Å². The lowest BCUT2D eigenvalue weighted by atomic mass is 10.0. The molecule has 6 nitrogen and oxygen atoms in total. The van der Waals surface area contributed by atoms with Crippen LogP contribution in [0, 0.1) is 0 Å². The zero-order valence-electron chi connectivity index (χ0n) is 15.2. The highest BCUT2D eigenvalue weighted by molar-refractivity contribution is 7.89. The smallest absolute Gasteiger partial charge is 0.241 e. The maximum Gasteiger partial charge on any atom is 0.241 e. The number of sulfonamides is 1. The van der Waals surface area contributed by atoms with Gasteiger partial charge in [-0.2, -0.15) is 0 Å². The lowest BCUT2D eigenvalue weighted by Crippen LogP contribution is -2.32. The molecule has 0 fully saturated rings. The van der Waals surface area contributed by atoms with Crippen molar-refractivity contribution in [2.45, 2.75) is 31.6 Å². The van der Waals surface area contributed by atoms with Gasteiger partial charge in [0.05, 0.1) is 18.0 Å². The quantitative estimate of drug-likeness (QED) is 0.741. The fourth-order valence-corrected chi connectivity index (χ4v) is 3.26. The Bertz CT molecular complexity index is 829. The summed E-state index contributed by atoms with van der Waals surface area (Å²) in [6, 6.07) is 13.5. The highest BCUT2D eigenvalue weighted by Gasteiger charge is 2.16. The lowest BCUT2D eigenvalue weighted by molar-refractivity contribution is -0.115. The SMILES string of the molecule is CCOc1ccc(NC(=O)CNS(=O)(=O)c2ccc(C(C)C)cc2)cc1. The standard InChI is InChI=1S/C19H24N2O4S/c1-4-25-17-9-7-16(8-10-17)21-19(22)13-20-26(23,24)18-11-5-15(6-12-18)14(2)3/h5-12,14,20H,4,13H2,1-3H3,(H,21,22). The molecule has 0 unspecified atom stereocenters. The summed E-state index contributed by atoms with van der Waals surface area (Å²) < 4.78 is 32.2. The van der Waals surface area contributed by atoms with Gasteiger partial charge in [-0.3, -0.25) is 4.79 Å². The molecule has 1 amide bonds. The number of carbonyl (C=O) groups is 1. The summed E-state index contributed by atoms with van der Waals surface area (Å²) in [7, 11) is -3.73. The van der Waals surface area contributed by atoms with Gasteiger partial charge in [0.15, 0.2) is 0 Å². The Labute approximate surface area is 154 Å². The summed E-state index contributed by atoms with van der Waals surface area (Å²) in [5.41, 5.74) is 1.62. The minimum Gasteiger partial charge on any atom is -0.494 e. The van der Waals surface area contributed by atoms with Crippen molar-refractivity contribution in [1.29, 1.82) is 0 Å². The molecule has 140 valence electrons. The van der Waals surface area contributed by atoms with Gasteiger partial charge in [0.25, 0.3) is 0 Å². The van der Waals surface area contributed by atoms with Gasteiger partial charge in [-0.25, -0.2) is 13.1 Å². The molecule has 0 aliphatic heterocycles. The fraction of sp³-hybridized carbons (Fsp3) is 0.316. The molecule has 0 aliphatic carbocycles. The van der Waals surface area contributed by atoms with Crippen LogP contribution in [0.25, 0.3) is 0 Å². The Morgan fingerprint density at radius 1 is 1.04 bits per heavy atom. The fourth-order valence-electron chi connectivity index (χ4n) is 2.28. The third-order valence-corrected chi connectivity index (χ3v) is 5.15. The predicted octanol–water partition coefficient (Wildman–Crippen LogP) is 3.13. The van der Waals surface area contributed by atoms with E-state index in [0.717, 1.165) is 5.56 Å². The Morgan fingerprint density at radius 3 is 2.19 bits per heavy atom. The largest absolute Gasteiger partial charge is 0.494 e. The van der Waals surface area contributed by atoms with Crippen molar-refractivity contribution in [2.24, 2.45) is 0 Å². The van der Waals surface area contributed by atoms with Crippen molar-refractivity contribution in [3.8, 4) is 5.75 Å². The summed E-state index contributed by atoms with van der Waals surface area (Å²) >= 11 is 0. The van der Waals surface area contributed by atoms with Gasteiger partial charge in [0.2, 0.25) is 15.9 Å². The van der Waals surface area contributed by atoms with Crippen molar-refractivity contribution in [3.05, 3.63) is 54.1 Å². The predicted molar refractivity (Wildman–Crippen MR) is 102 cm³/mol. The van der Waals surface area contributed by atoms with Gasteiger partial charge in [-0.15, -0.1) is 0 Å². The first-order valence-electron chi connectivity index (χ1n) is 8.44. The van der Waals surface area contributed by atoms with Gasteiger partial charge in [-0.05, 0) is 54.8 Å². The molecule has 2 aromatic carbocycles. The van der Waals surface area contributed by atoms with Gasteiger partial charge >= 0.3 is 0 Å². The van der Waals surface area contributed by atoms with Gasteiger partial charge in [-0.1, -0.05) is 26.0 Å². The molecule has 0 saturated heterocycles. The summed E-state index contributed by atoms with van der Waals surface area (Å²) in [5, 5.41) is 2.64. The zero-order valence-corrected chi connectivity index (χ0v) is 16.0. The van der Waals surface area contributed by atoms with Crippen LogP contribution in [0.2, 0.25) is 0 Å². The lowest BCUT2D eigenvalue weighted by Gasteiger charge is -2.10. The van der Waals surface area contributed by atoms with E-state index in [0.29, 0.717) is 24.0 Å². The normalized spacial score (nSPS) is 11.4. The Balaban J connectivity index is 1.92. The number of amides is 1. The molecular weight excluding hydrogens is 352 g/mol. The highest BCUT2D eigenvalue weighted by atomic mass is 32.2. The van der Waals surface area contributed by atoms with E-state index in [1.165, 1.54) is 0 Å². The van der Waals surface area contributed by atoms with Gasteiger partial charge in [0, 0.05) is 5.69 Å².